The Balaban J connectivity index is 1.44. The topological polar surface area (TPSA) is 158 Å². The molecule has 0 saturated carbocycles. The van der Waals surface area contributed by atoms with Crippen molar-refractivity contribution in [3.8, 4) is 11.5 Å². The first-order chi connectivity index (χ1) is 20.0. The molecule has 3 aromatic rings. The van der Waals surface area contributed by atoms with Crippen LogP contribution in [0.5, 0.6) is 11.5 Å². The minimum Gasteiger partial charge on any atom is -0.422 e. The molecule has 12 heteroatoms. The zero-order valence-electron chi connectivity index (χ0n) is 21.3. The van der Waals surface area contributed by atoms with Crippen LogP contribution in [0.25, 0.3) is 6.08 Å². The van der Waals surface area contributed by atoms with Crippen LogP contribution in [0.2, 0.25) is 0 Å². The molecule has 3 aromatic carbocycles. The summed E-state index contributed by atoms with van der Waals surface area (Å²) in [7, 11) is 0. The minimum atomic E-state index is -1.02. The molecular weight excluding hydrogens is 552 g/mol. The van der Waals surface area contributed by atoms with Crippen LogP contribution < -0.4 is 9.47 Å². The van der Waals surface area contributed by atoms with Gasteiger partial charge in [0.25, 0.3) is 11.9 Å². The Labute approximate surface area is 235 Å². The first-order valence-corrected chi connectivity index (χ1v) is 11.8. The summed E-state index contributed by atoms with van der Waals surface area (Å²) >= 11 is 0. The van der Waals surface area contributed by atoms with E-state index < -0.39 is 47.7 Å². The molecule has 0 aliphatic carbocycles. The Kier molecular flexibility index (Phi) is 6.95. The molecule has 0 N–H and O–H groups in total. The average molecular weight is 568 g/mol. The van der Waals surface area contributed by atoms with E-state index in [0.717, 1.165) is 12.1 Å². The normalized spacial score (nSPS) is 14.1. The molecule has 12 nitrogen and oxygen atoms in total. The number of fused-ring (bicyclic) bond motifs is 12. The third-order valence-electron chi connectivity index (χ3n) is 5.83. The maximum absolute atomic E-state index is 13.2. The lowest BCUT2D eigenvalue weighted by Crippen LogP contribution is -2.16. The van der Waals surface area contributed by atoms with Crippen molar-refractivity contribution in [2.24, 2.45) is 0 Å². The van der Waals surface area contributed by atoms with Gasteiger partial charge >= 0.3 is 35.8 Å². The second-order valence-electron chi connectivity index (χ2n) is 8.48. The highest BCUT2D eigenvalue weighted by molar-refractivity contribution is 6.04. The molecule has 208 valence electrons. The van der Waals surface area contributed by atoms with Gasteiger partial charge in [0.2, 0.25) is 0 Å². The Morgan fingerprint density at radius 2 is 1.17 bits per heavy atom. The molecular formula is C30H16O12. The second-order valence-corrected chi connectivity index (χ2v) is 8.48. The van der Waals surface area contributed by atoms with Gasteiger partial charge in [0, 0.05) is 5.56 Å². The summed E-state index contributed by atoms with van der Waals surface area (Å²) in [5.41, 5.74) is -0.883. The van der Waals surface area contributed by atoms with Gasteiger partial charge in [-0.1, -0.05) is 18.7 Å². The summed E-state index contributed by atoms with van der Waals surface area (Å²) in [6.07, 6.45) is 1.19. The van der Waals surface area contributed by atoms with Gasteiger partial charge in [-0.3, -0.25) is 0 Å². The number of carbonyl (C=O) groups is 6. The predicted molar refractivity (Wildman–Crippen MR) is 139 cm³/mol. The van der Waals surface area contributed by atoms with Crippen molar-refractivity contribution in [2.75, 3.05) is 0 Å². The Morgan fingerprint density at radius 1 is 0.643 bits per heavy atom. The summed E-state index contributed by atoms with van der Waals surface area (Å²) < 4.78 is 30.3. The molecule has 4 aliphatic heterocycles. The molecule has 7 rings (SSSR count). The SMILES string of the molecule is C=Cc1c2ccc(c1OC(=O)c1cccc(C(=O)Oc3cc4ccc3C(=O)OC(=C)OC4=O)c1)C(=O)OC(=C)OC2=O. The van der Waals surface area contributed by atoms with Crippen LogP contribution in [0, 0.1) is 0 Å². The van der Waals surface area contributed by atoms with E-state index in [1.165, 1.54) is 48.5 Å². The van der Waals surface area contributed by atoms with Crippen LogP contribution in [0.1, 0.15) is 67.7 Å². The number of rotatable bonds is 5. The van der Waals surface area contributed by atoms with Gasteiger partial charge < -0.3 is 28.4 Å². The van der Waals surface area contributed by atoms with E-state index in [4.69, 9.17) is 28.4 Å². The minimum absolute atomic E-state index is 0.0223. The summed E-state index contributed by atoms with van der Waals surface area (Å²) in [5.74, 6) is -7.65. The molecule has 42 heavy (non-hydrogen) atoms. The van der Waals surface area contributed by atoms with Crippen LogP contribution in [-0.4, -0.2) is 35.8 Å². The van der Waals surface area contributed by atoms with Crippen LogP contribution in [0.4, 0.5) is 0 Å². The van der Waals surface area contributed by atoms with Crippen molar-refractivity contribution in [1.29, 1.82) is 0 Å². The number of hydrogen-bond donors (Lipinski definition) is 0. The van der Waals surface area contributed by atoms with Gasteiger partial charge in [-0.05, 0) is 61.7 Å². The van der Waals surface area contributed by atoms with Crippen molar-refractivity contribution in [3.63, 3.8) is 0 Å². The molecule has 0 amide bonds. The fourth-order valence-electron chi connectivity index (χ4n) is 3.92. The molecule has 0 atom stereocenters. The summed E-state index contributed by atoms with van der Waals surface area (Å²) in [6.45, 7) is 10.3. The van der Waals surface area contributed by atoms with Gasteiger partial charge in [-0.25, -0.2) is 28.8 Å². The van der Waals surface area contributed by atoms with Crippen molar-refractivity contribution in [1.82, 2.24) is 0 Å². The van der Waals surface area contributed by atoms with E-state index >= 15 is 0 Å². The molecule has 4 bridgehead atoms. The zero-order valence-corrected chi connectivity index (χ0v) is 21.3. The largest absolute Gasteiger partial charge is 0.422 e. The predicted octanol–water partition coefficient (Wildman–Crippen LogP) is 4.36. The Morgan fingerprint density at radius 3 is 1.81 bits per heavy atom. The van der Waals surface area contributed by atoms with E-state index in [1.54, 1.807) is 0 Å². The van der Waals surface area contributed by atoms with E-state index in [-0.39, 0.29) is 50.4 Å². The summed E-state index contributed by atoms with van der Waals surface area (Å²) in [6, 6.07) is 11.2. The first-order valence-electron chi connectivity index (χ1n) is 11.8. The van der Waals surface area contributed by atoms with Gasteiger partial charge in [-0.15, -0.1) is 0 Å². The van der Waals surface area contributed by atoms with Crippen LogP contribution in [0.15, 0.2) is 86.2 Å². The van der Waals surface area contributed by atoms with Crippen LogP contribution in [-0.2, 0) is 18.9 Å². The monoisotopic (exact) mass is 568 g/mol. The quantitative estimate of drug-likeness (QED) is 0.317. The van der Waals surface area contributed by atoms with E-state index in [0.29, 0.717) is 0 Å². The van der Waals surface area contributed by atoms with Crippen LogP contribution >= 0.6 is 0 Å². The number of esters is 6. The lowest BCUT2D eigenvalue weighted by Gasteiger charge is -2.13. The van der Waals surface area contributed by atoms with Gasteiger partial charge in [0.1, 0.15) is 16.9 Å². The third-order valence-corrected chi connectivity index (χ3v) is 5.83. The van der Waals surface area contributed by atoms with Crippen molar-refractivity contribution < 1.29 is 57.2 Å². The maximum atomic E-state index is 13.2. The highest BCUT2D eigenvalue weighted by Crippen LogP contribution is 2.33. The lowest BCUT2D eigenvalue weighted by atomic mass is 10.0. The molecule has 0 spiro atoms. The summed E-state index contributed by atoms with van der Waals surface area (Å²) in [5, 5.41) is 0. The molecule has 0 saturated heterocycles. The van der Waals surface area contributed by atoms with Crippen LogP contribution in [0.3, 0.4) is 0 Å². The third kappa shape index (κ3) is 5.14. The fraction of sp³-hybridized carbons (Fsp3) is 0. The van der Waals surface area contributed by atoms with Crippen molar-refractivity contribution >= 4 is 41.9 Å². The molecule has 0 aromatic heterocycles. The fourth-order valence-corrected chi connectivity index (χ4v) is 3.92. The van der Waals surface area contributed by atoms with E-state index in [9.17, 15) is 28.8 Å². The van der Waals surface area contributed by atoms with Gasteiger partial charge in [0.15, 0.2) is 5.75 Å². The Hall–Kier alpha value is -6.30. The average Bonchev–Trinajstić information content (AvgIpc) is 3.07. The number of carbonyl (C=O) groups excluding carboxylic acids is 6. The number of hydrogen-bond acceptors (Lipinski definition) is 12. The summed E-state index contributed by atoms with van der Waals surface area (Å²) in [4.78, 5) is 75.9. The van der Waals surface area contributed by atoms with Crippen molar-refractivity contribution in [3.05, 3.63) is 125 Å². The number of ether oxygens (including phenoxy) is 6. The number of benzene rings is 3. The Bertz CT molecular complexity index is 1800. The van der Waals surface area contributed by atoms with Gasteiger partial charge in [0.05, 0.1) is 22.3 Å². The highest BCUT2D eigenvalue weighted by Gasteiger charge is 2.30. The van der Waals surface area contributed by atoms with Crippen molar-refractivity contribution in [2.45, 2.75) is 0 Å². The standard InChI is InChI=1S/C30H16O12/c1-4-19-20-10-11-22(30(36)40-15(3)38-28(20)34)24(19)42-27(33)17-7-5-6-16(12-17)26(32)41-23-13-18-8-9-21(23)29(35)39-14(2)37-25(18)31/h4-13H,1-3H2. The van der Waals surface area contributed by atoms with E-state index in [1.807, 2.05) is 0 Å². The smallest absolute Gasteiger partial charge is 0.349 e. The second kappa shape index (κ2) is 10.7. The maximum Gasteiger partial charge on any atom is 0.349 e. The first kappa shape index (κ1) is 27.3. The molecule has 0 unspecified atom stereocenters. The molecule has 4 heterocycles. The molecule has 4 aliphatic rings. The zero-order chi connectivity index (χ0) is 30.1. The van der Waals surface area contributed by atoms with E-state index in [2.05, 4.69) is 19.7 Å². The van der Waals surface area contributed by atoms with Gasteiger partial charge in [-0.2, -0.15) is 0 Å². The lowest BCUT2D eigenvalue weighted by molar-refractivity contribution is 0.0226. The highest BCUT2D eigenvalue weighted by atomic mass is 16.7. The molecule has 0 fully saturated rings. The molecule has 0 radical (unpaired) electrons.